The van der Waals surface area contributed by atoms with Gasteiger partial charge in [-0.15, -0.1) is 0 Å². The van der Waals surface area contributed by atoms with Crippen LogP contribution in [0, 0.1) is 11.3 Å². The monoisotopic (exact) mass is 799 g/mol. The molecule has 322 valence electrons. The van der Waals surface area contributed by atoms with E-state index < -0.39 is 35.8 Å². The molecule has 0 aliphatic carbocycles. The summed E-state index contributed by atoms with van der Waals surface area (Å²) in [7, 11) is 0. The molecule has 16 heteroatoms. The summed E-state index contributed by atoms with van der Waals surface area (Å²) in [5.74, 6) is -2.32. The maximum absolute atomic E-state index is 13.7. The molecule has 1 aromatic carbocycles. The van der Waals surface area contributed by atoms with Gasteiger partial charge in [-0.05, 0) is 43.6 Å². The Morgan fingerprint density at radius 3 is 1.54 bits per heavy atom. The standard InChI is InChI=1S/C41H74N12O4/c1-4-5-6-7-8-9-10-11-12-13-14-15-16-21-34(54)51-33(20-18-27-49-41(46)47)38(56)53-35(29(2)3)39(57)52-32(19-17-26-48-40(44)45)37(55)50-28-30-22-24-31(25-23-30)36(42)43/h22-25,29,32-33,35H,4-21,26-28H2,1-3H3,(H3,42,43)(H,50,55)(H,51,54)(H,52,57)(H,53,56)(H4,44,45,48)(H4,46,47,49)/t32-,33-,35?/m0/s1. The first-order chi connectivity index (χ1) is 27.2. The van der Waals surface area contributed by atoms with Crippen LogP contribution in [0.3, 0.4) is 0 Å². The molecule has 0 spiro atoms. The van der Waals surface area contributed by atoms with Crippen molar-refractivity contribution in [1.82, 2.24) is 21.3 Å². The smallest absolute Gasteiger partial charge is 0.243 e. The number of nitrogens with zero attached hydrogens (tertiary/aromatic N) is 2. The highest BCUT2D eigenvalue weighted by Crippen LogP contribution is 2.14. The van der Waals surface area contributed by atoms with Gasteiger partial charge in [0.1, 0.15) is 24.0 Å². The molecule has 16 nitrogen and oxygen atoms in total. The van der Waals surface area contributed by atoms with Crippen molar-refractivity contribution >= 4 is 41.4 Å². The van der Waals surface area contributed by atoms with Gasteiger partial charge in [0.05, 0.1) is 0 Å². The Labute approximate surface area is 340 Å². The minimum atomic E-state index is -1.01. The molecule has 15 N–H and O–H groups in total. The number of guanidine groups is 2. The van der Waals surface area contributed by atoms with Gasteiger partial charge in [-0.2, -0.15) is 0 Å². The molecule has 1 unspecified atom stereocenters. The summed E-state index contributed by atoms with van der Waals surface area (Å²) in [4.78, 5) is 61.8. The van der Waals surface area contributed by atoms with Crippen molar-refractivity contribution in [3.63, 3.8) is 0 Å². The molecule has 4 amide bonds. The van der Waals surface area contributed by atoms with Gasteiger partial charge >= 0.3 is 0 Å². The van der Waals surface area contributed by atoms with Crippen LogP contribution in [0.15, 0.2) is 34.3 Å². The van der Waals surface area contributed by atoms with E-state index in [0.29, 0.717) is 24.8 Å². The molecule has 57 heavy (non-hydrogen) atoms. The lowest BCUT2D eigenvalue weighted by Gasteiger charge is -2.27. The number of nitrogens with two attached hydrogens (primary N) is 5. The Bertz CT molecular complexity index is 1390. The molecular formula is C41H74N12O4. The summed E-state index contributed by atoms with van der Waals surface area (Å²) in [6.07, 6.45) is 17.2. The Morgan fingerprint density at radius 2 is 1.09 bits per heavy atom. The van der Waals surface area contributed by atoms with E-state index in [2.05, 4.69) is 38.2 Å². The molecule has 0 aromatic heterocycles. The molecule has 0 saturated carbocycles. The third-order valence-corrected chi connectivity index (χ3v) is 9.66. The first kappa shape index (κ1) is 50.1. The van der Waals surface area contributed by atoms with Crippen molar-refractivity contribution in [3.05, 3.63) is 35.4 Å². The van der Waals surface area contributed by atoms with Crippen molar-refractivity contribution in [3.8, 4) is 0 Å². The van der Waals surface area contributed by atoms with Gasteiger partial charge in [0.2, 0.25) is 23.6 Å². The number of rotatable bonds is 32. The lowest BCUT2D eigenvalue weighted by atomic mass is 10.0. The molecule has 1 aromatic rings. The maximum Gasteiger partial charge on any atom is 0.243 e. The number of hydrogen-bond donors (Lipinski definition) is 10. The third kappa shape index (κ3) is 24.4. The minimum Gasteiger partial charge on any atom is -0.384 e. The second kappa shape index (κ2) is 30.3. The third-order valence-electron chi connectivity index (χ3n) is 9.66. The van der Waals surface area contributed by atoms with Crippen LogP contribution >= 0.6 is 0 Å². The first-order valence-corrected chi connectivity index (χ1v) is 21.0. The van der Waals surface area contributed by atoms with Crippen LogP contribution in [-0.2, 0) is 25.7 Å². The van der Waals surface area contributed by atoms with Crippen molar-refractivity contribution in [2.75, 3.05) is 13.1 Å². The molecule has 0 aliphatic heterocycles. The second-order valence-corrected chi connectivity index (χ2v) is 15.1. The number of nitrogens with one attached hydrogen (secondary N) is 5. The zero-order valence-corrected chi connectivity index (χ0v) is 34.9. The van der Waals surface area contributed by atoms with Crippen molar-refractivity contribution < 1.29 is 19.2 Å². The first-order valence-electron chi connectivity index (χ1n) is 21.0. The summed E-state index contributed by atoms with van der Waals surface area (Å²) in [6.45, 7) is 6.49. The van der Waals surface area contributed by atoms with Crippen molar-refractivity contribution in [1.29, 1.82) is 5.41 Å². The fraction of sp³-hybridized carbons (Fsp3) is 0.683. The fourth-order valence-corrected chi connectivity index (χ4v) is 6.28. The second-order valence-electron chi connectivity index (χ2n) is 15.1. The predicted molar refractivity (Wildman–Crippen MR) is 230 cm³/mol. The molecule has 0 heterocycles. The number of carbonyl (C=O) groups is 4. The van der Waals surface area contributed by atoms with E-state index in [0.717, 1.165) is 31.2 Å². The average Bonchev–Trinajstić information content (AvgIpc) is 3.16. The summed E-state index contributed by atoms with van der Waals surface area (Å²) in [5.41, 5.74) is 28.7. The molecular weight excluding hydrogens is 725 g/mol. The largest absolute Gasteiger partial charge is 0.384 e. The zero-order valence-electron chi connectivity index (χ0n) is 34.9. The summed E-state index contributed by atoms with van der Waals surface area (Å²) in [6, 6.07) is 3.98. The lowest BCUT2D eigenvalue weighted by Crippen LogP contribution is -2.58. The zero-order chi connectivity index (χ0) is 42.4. The summed E-state index contributed by atoms with van der Waals surface area (Å²) < 4.78 is 0. The highest BCUT2D eigenvalue weighted by atomic mass is 16.2. The van der Waals surface area contributed by atoms with Gasteiger partial charge in [0.15, 0.2) is 11.9 Å². The van der Waals surface area contributed by atoms with E-state index in [1.54, 1.807) is 38.1 Å². The van der Waals surface area contributed by atoms with Gasteiger partial charge in [0, 0.05) is 31.6 Å². The molecule has 3 atom stereocenters. The normalized spacial score (nSPS) is 12.5. The number of amidine groups is 1. The van der Waals surface area contributed by atoms with Gasteiger partial charge in [-0.25, -0.2) is 0 Å². The number of benzene rings is 1. The predicted octanol–water partition coefficient (Wildman–Crippen LogP) is 3.29. The SMILES string of the molecule is CCCCCCCCCCCCCCCC(=O)N[C@@H](CCCN=C(N)N)C(=O)NC(C(=O)N[C@@H](CCCN=C(N)N)C(=O)NCc1ccc(C(=N)N)cc1)C(C)C. The number of carbonyl (C=O) groups excluding carboxylic acids is 4. The molecule has 1 rings (SSSR count). The Kier molecular flexibility index (Phi) is 26.6. The number of hydrogen-bond acceptors (Lipinski definition) is 7. The van der Waals surface area contributed by atoms with E-state index in [1.165, 1.54) is 57.8 Å². The highest BCUT2D eigenvalue weighted by Gasteiger charge is 2.31. The molecule has 0 saturated heterocycles. The van der Waals surface area contributed by atoms with Crippen LogP contribution in [0.5, 0.6) is 0 Å². The van der Waals surface area contributed by atoms with E-state index in [1.807, 2.05) is 0 Å². The van der Waals surface area contributed by atoms with Crippen LogP contribution in [-0.4, -0.2) is 72.6 Å². The van der Waals surface area contributed by atoms with Crippen LogP contribution < -0.4 is 49.9 Å². The van der Waals surface area contributed by atoms with Crippen LogP contribution in [0.25, 0.3) is 0 Å². The van der Waals surface area contributed by atoms with Crippen LogP contribution in [0.4, 0.5) is 0 Å². The summed E-state index contributed by atoms with van der Waals surface area (Å²) in [5, 5.41) is 18.9. The topological polar surface area (TPSA) is 295 Å². The van der Waals surface area contributed by atoms with Gasteiger partial charge in [-0.3, -0.25) is 34.6 Å². The highest BCUT2D eigenvalue weighted by molar-refractivity contribution is 5.95. The van der Waals surface area contributed by atoms with E-state index in [-0.39, 0.29) is 62.1 Å². The van der Waals surface area contributed by atoms with Gasteiger partial charge in [-0.1, -0.05) is 122 Å². The van der Waals surface area contributed by atoms with E-state index >= 15 is 0 Å². The van der Waals surface area contributed by atoms with Crippen molar-refractivity contribution in [2.24, 2.45) is 44.6 Å². The van der Waals surface area contributed by atoms with Crippen LogP contribution in [0.1, 0.15) is 147 Å². The number of nitrogen functional groups attached to an aromatic ring is 1. The van der Waals surface area contributed by atoms with Gasteiger partial charge < -0.3 is 49.9 Å². The molecule has 0 fully saturated rings. The van der Waals surface area contributed by atoms with E-state index in [9.17, 15) is 19.2 Å². The molecule has 0 bridgehead atoms. The number of unbranched alkanes of at least 4 members (excludes halogenated alkanes) is 12. The Hall–Kier alpha value is -4.89. The quantitative estimate of drug-likeness (QED) is 0.0290. The Morgan fingerprint density at radius 1 is 0.614 bits per heavy atom. The summed E-state index contributed by atoms with van der Waals surface area (Å²) >= 11 is 0. The van der Waals surface area contributed by atoms with Gasteiger partial charge in [0.25, 0.3) is 0 Å². The lowest BCUT2D eigenvalue weighted by molar-refractivity contribution is -0.134. The molecule has 0 radical (unpaired) electrons. The minimum absolute atomic E-state index is 0.0643. The number of amides is 4. The maximum atomic E-state index is 13.7. The Balaban J connectivity index is 2.84. The average molecular weight is 799 g/mol. The molecule has 0 aliphatic rings. The fourth-order valence-electron chi connectivity index (χ4n) is 6.28. The van der Waals surface area contributed by atoms with Crippen LogP contribution in [0.2, 0.25) is 0 Å². The van der Waals surface area contributed by atoms with E-state index in [4.69, 9.17) is 34.1 Å². The number of aliphatic imine (C=N–C) groups is 2. The van der Waals surface area contributed by atoms with Crippen molar-refractivity contribution in [2.45, 2.75) is 161 Å².